The van der Waals surface area contributed by atoms with Gasteiger partial charge >= 0.3 is 5.97 Å². The Bertz CT molecular complexity index is 591. The summed E-state index contributed by atoms with van der Waals surface area (Å²) in [5, 5.41) is 9.35. The Hall–Kier alpha value is -2.00. The van der Waals surface area contributed by atoms with Gasteiger partial charge in [0.25, 0.3) is 0 Å². The zero-order valence-electron chi connectivity index (χ0n) is 10.4. The third-order valence-corrected chi connectivity index (χ3v) is 3.02. The van der Waals surface area contributed by atoms with Crippen molar-refractivity contribution in [2.24, 2.45) is 0 Å². The summed E-state index contributed by atoms with van der Waals surface area (Å²) in [4.78, 5) is 10.6. The number of rotatable bonds is 4. The molecule has 0 heterocycles. The van der Waals surface area contributed by atoms with Crippen molar-refractivity contribution in [2.45, 2.75) is 6.42 Å². The highest BCUT2D eigenvalue weighted by Crippen LogP contribution is 2.32. The third kappa shape index (κ3) is 3.26. The smallest absolute Gasteiger partial charge is 0.307 e. The van der Waals surface area contributed by atoms with Crippen LogP contribution in [-0.2, 0) is 11.2 Å². The molecule has 0 bridgehead atoms. The van der Waals surface area contributed by atoms with Crippen molar-refractivity contribution >= 4 is 17.6 Å². The molecule has 0 spiro atoms. The highest BCUT2D eigenvalue weighted by molar-refractivity contribution is 6.30. The SMILES string of the molecule is COc1cc(Cl)ccc1-c1ccc(CC(=O)O)cc1. The largest absolute Gasteiger partial charge is 0.496 e. The topological polar surface area (TPSA) is 46.5 Å². The number of methoxy groups -OCH3 is 1. The van der Waals surface area contributed by atoms with E-state index >= 15 is 0 Å². The maximum Gasteiger partial charge on any atom is 0.307 e. The maximum atomic E-state index is 10.6. The van der Waals surface area contributed by atoms with Crippen LogP contribution in [0, 0.1) is 0 Å². The number of hydrogen-bond donors (Lipinski definition) is 1. The average molecular weight is 277 g/mol. The van der Waals surface area contributed by atoms with Gasteiger partial charge in [0, 0.05) is 10.6 Å². The minimum atomic E-state index is -0.836. The summed E-state index contributed by atoms with van der Waals surface area (Å²) in [7, 11) is 1.59. The van der Waals surface area contributed by atoms with Crippen LogP contribution in [-0.4, -0.2) is 18.2 Å². The summed E-state index contributed by atoms with van der Waals surface area (Å²) < 4.78 is 5.30. The van der Waals surface area contributed by atoms with E-state index in [-0.39, 0.29) is 6.42 Å². The monoisotopic (exact) mass is 276 g/mol. The highest BCUT2D eigenvalue weighted by Gasteiger charge is 2.07. The molecule has 0 aromatic heterocycles. The van der Waals surface area contributed by atoms with E-state index in [1.165, 1.54) is 0 Å². The Kier molecular flexibility index (Phi) is 4.07. The fraction of sp³-hybridized carbons (Fsp3) is 0.133. The molecular formula is C15H13ClO3. The van der Waals surface area contributed by atoms with Crippen LogP contribution in [0.4, 0.5) is 0 Å². The lowest BCUT2D eigenvalue weighted by atomic mass is 10.0. The molecule has 2 aromatic rings. The Morgan fingerprint density at radius 1 is 1.21 bits per heavy atom. The van der Waals surface area contributed by atoms with Gasteiger partial charge in [0.1, 0.15) is 5.75 Å². The van der Waals surface area contributed by atoms with Crippen LogP contribution in [0.2, 0.25) is 5.02 Å². The molecule has 0 atom stereocenters. The molecule has 0 radical (unpaired) electrons. The van der Waals surface area contributed by atoms with Gasteiger partial charge < -0.3 is 9.84 Å². The number of carboxylic acid groups (broad SMARTS) is 1. The zero-order chi connectivity index (χ0) is 13.8. The summed E-state index contributed by atoms with van der Waals surface area (Å²) in [6.07, 6.45) is 0.0258. The van der Waals surface area contributed by atoms with Crippen molar-refractivity contribution in [1.82, 2.24) is 0 Å². The Balaban J connectivity index is 2.34. The Morgan fingerprint density at radius 2 is 1.89 bits per heavy atom. The quantitative estimate of drug-likeness (QED) is 0.927. The normalized spacial score (nSPS) is 10.2. The van der Waals surface area contributed by atoms with E-state index in [2.05, 4.69) is 0 Å². The van der Waals surface area contributed by atoms with Crippen LogP contribution < -0.4 is 4.74 Å². The zero-order valence-corrected chi connectivity index (χ0v) is 11.1. The minimum absolute atomic E-state index is 0.0258. The molecule has 0 aliphatic carbocycles. The average Bonchev–Trinajstić information content (AvgIpc) is 2.39. The molecule has 2 rings (SSSR count). The van der Waals surface area contributed by atoms with Gasteiger partial charge in [0.05, 0.1) is 13.5 Å². The van der Waals surface area contributed by atoms with Gasteiger partial charge in [-0.15, -0.1) is 0 Å². The summed E-state index contributed by atoms with van der Waals surface area (Å²) in [5.74, 6) is -0.143. The summed E-state index contributed by atoms with van der Waals surface area (Å²) in [6.45, 7) is 0. The van der Waals surface area contributed by atoms with Gasteiger partial charge in [-0.2, -0.15) is 0 Å². The van der Waals surface area contributed by atoms with E-state index in [1.807, 2.05) is 18.2 Å². The first-order valence-electron chi connectivity index (χ1n) is 5.75. The number of halogens is 1. The molecule has 1 N–H and O–H groups in total. The lowest BCUT2D eigenvalue weighted by Crippen LogP contribution is -1.99. The second-order valence-corrected chi connectivity index (χ2v) is 4.55. The van der Waals surface area contributed by atoms with E-state index in [0.29, 0.717) is 10.8 Å². The van der Waals surface area contributed by atoms with Crippen molar-refractivity contribution in [3.05, 3.63) is 53.1 Å². The number of benzene rings is 2. The number of aliphatic carboxylic acids is 1. The second kappa shape index (κ2) is 5.76. The molecule has 0 aliphatic heterocycles. The summed E-state index contributed by atoms with van der Waals surface area (Å²) in [6, 6.07) is 12.8. The molecule has 0 unspecified atom stereocenters. The molecule has 0 saturated heterocycles. The van der Waals surface area contributed by atoms with Crippen LogP contribution in [0.15, 0.2) is 42.5 Å². The fourth-order valence-electron chi connectivity index (χ4n) is 1.88. The minimum Gasteiger partial charge on any atom is -0.496 e. The van der Waals surface area contributed by atoms with Gasteiger partial charge in [-0.3, -0.25) is 4.79 Å². The third-order valence-electron chi connectivity index (χ3n) is 2.78. The molecule has 0 aliphatic rings. The Labute approximate surface area is 116 Å². The Morgan fingerprint density at radius 3 is 2.47 bits per heavy atom. The molecule has 19 heavy (non-hydrogen) atoms. The van der Waals surface area contributed by atoms with Gasteiger partial charge in [0.15, 0.2) is 0 Å². The van der Waals surface area contributed by atoms with E-state index in [4.69, 9.17) is 21.4 Å². The molecule has 0 saturated carbocycles. The lowest BCUT2D eigenvalue weighted by Gasteiger charge is -2.09. The van der Waals surface area contributed by atoms with Crippen molar-refractivity contribution in [3.8, 4) is 16.9 Å². The number of carbonyl (C=O) groups is 1. The standard InChI is InChI=1S/C15H13ClO3/c1-19-14-9-12(16)6-7-13(14)11-4-2-10(3-5-11)8-15(17)18/h2-7,9H,8H2,1H3,(H,17,18). The second-order valence-electron chi connectivity index (χ2n) is 4.11. The molecule has 0 amide bonds. The highest BCUT2D eigenvalue weighted by atomic mass is 35.5. The molecular weight excluding hydrogens is 264 g/mol. The molecule has 0 fully saturated rings. The van der Waals surface area contributed by atoms with Gasteiger partial charge in [-0.25, -0.2) is 0 Å². The first kappa shape index (κ1) is 13.4. The van der Waals surface area contributed by atoms with E-state index < -0.39 is 5.97 Å². The van der Waals surface area contributed by atoms with Crippen molar-refractivity contribution in [1.29, 1.82) is 0 Å². The van der Waals surface area contributed by atoms with Crippen LogP contribution in [0.5, 0.6) is 5.75 Å². The summed E-state index contributed by atoms with van der Waals surface area (Å²) >= 11 is 5.92. The van der Waals surface area contributed by atoms with E-state index in [1.54, 1.807) is 31.4 Å². The lowest BCUT2D eigenvalue weighted by molar-refractivity contribution is -0.136. The van der Waals surface area contributed by atoms with Gasteiger partial charge in [-0.05, 0) is 29.3 Å². The molecule has 4 heteroatoms. The van der Waals surface area contributed by atoms with E-state index in [9.17, 15) is 4.79 Å². The van der Waals surface area contributed by atoms with Crippen LogP contribution >= 0.6 is 11.6 Å². The van der Waals surface area contributed by atoms with Crippen LogP contribution in [0.25, 0.3) is 11.1 Å². The van der Waals surface area contributed by atoms with E-state index in [0.717, 1.165) is 16.7 Å². The van der Waals surface area contributed by atoms with Gasteiger partial charge in [0.2, 0.25) is 0 Å². The first-order valence-corrected chi connectivity index (χ1v) is 6.12. The predicted octanol–water partition coefficient (Wildman–Crippen LogP) is 3.64. The molecule has 98 valence electrons. The summed E-state index contributed by atoms with van der Waals surface area (Å²) in [5.41, 5.74) is 2.65. The molecule has 2 aromatic carbocycles. The maximum absolute atomic E-state index is 10.6. The van der Waals surface area contributed by atoms with Crippen molar-refractivity contribution in [3.63, 3.8) is 0 Å². The van der Waals surface area contributed by atoms with Crippen molar-refractivity contribution in [2.75, 3.05) is 7.11 Å². The fourth-order valence-corrected chi connectivity index (χ4v) is 2.04. The van der Waals surface area contributed by atoms with Gasteiger partial charge in [-0.1, -0.05) is 35.9 Å². The van der Waals surface area contributed by atoms with Crippen molar-refractivity contribution < 1.29 is 14.6 Å². The first-order chi connectivity index (χ1) is 9.10. The number of hydrogen-bond acceptors (Lipinski definition) is 2. The van der Waals surface area contributed by atoms with Crippen LogP contribution in [0.1, 0.15) is 5.56 Å². The number of ether oxygens (including phenoxy) is 1. The van der Waals surface area contributed by atoms with Crippen LogP contribution in [0.3, 0.4) is 0 Å². The predicted molar refractivity (Wildman–Crippen MR) is 74.8 cm³/mol. The number of carboxylic acids is 1. The molecule has 3 nitrogen and oxygen atoms in total.